The van der Waals surface area contributed by atoms with E-state index in [1.54, 1.807) is 18.2 Å². The summed E-state index contributed by atoms with van der Waals surface area (Å²) in [6.45, 7) is 6.14. The molecule has 5 heteroatoms. The summed E-state index contributed by atoms with van der Waals surface area (Å²) in [6, 6.07) is 15.0. The van der Waals surface area contributed by atoms with Crippen LogP contribution in [0.5, 0.6) is 0 Å². The van der Waals surface area contributed by atoms with Gasteiger partial charge in [0.05, 0.1) is 11.3 Å². The van der Waals surface area contributed by atoms with Crippen LogP contribution in [-0.2, 0) is 0 Å². The fourth-order valence-corrected chi connectivity index (χ4v) is 3.43. The summed E-state index contributed by atoms with van der Waals surface area (Å²) in [7, 11) is 0. The van der Waals surface area contributed by atoms with Gasteiger partial charge in [-0.25, -0.2) is 0 Å². The van der Waals surface area contributed by atoms with Crippen molar-refractivity contribution in [2.24, 2.45) is 0 Å². The van der Waals surface area contributed by atoms with Crippen LogP contribution in [0.15, 0.2) is 42.5 Å². The van der Waals surface area contributed by atoms with Crippen molar-refractivity contribution in [2.75, 3.05) is 31.1 Å². The highest BCUT2D eigenvalue weighted by molar-refractivity contribution is 5.96. The monoisotopic (exact) mass is 361 g/mol. The van der Waals surface area contributed by atoms with Gasteiger partial charge in [0.1, 0.15) is 6.07 Å². The Hall–Kier alpha value is -3.13. The van der Waals surface area contributed by atoms with Crippen LogP contribution >= 0.6 is 0 Å². The van der Waals surface area contributed by atoms with Gasteiger partial charge in [0.25, 0.3) is 5.91 Å². The average molecular weight is 361 g/mol. The lowest BCUT2D eigenvalue weighted by atomic mass is 10.1. The predicted octanol–water partition coefficient (Wildman–Crippen LogP) is 3.42. The number of anilines is 1. The smallest absolute Gasteiger partial charge is 0.253 e. The van der Waals surface area contributed by atoms with Crippen LogP contribution in [0.2, 0.25) is 0 Å². The number of hydrogen-bond donors (Lipinski definition) is 0. The minimum atomic E-state index is -0.0215. The van der Waals surface area contributed by atoms with Crippen LogP contribution in [0.3, 0.4) is 0 Å². The van der Waals surface area contributed by atoms with E-state index in [1.165, 1.54) is 6.92 Å². The van der Waals surface area contributed by atoms with Crippen LogP contribution < -0.4 is 4.90 Å². The van der Waals surface area contributed by atoms with Gasteiger partial charge in [0.2, 0.25) is 0 Å². The minimum Gasteiger partial charge on any atom is -0.369 e. The molecule has 2 aromatic carbocycles. The fourth-order valence-electron chi connectivity index (χ4n) is 3.43. The molecule has 0 aliphatic carbocycles. The molecule has 27 heavy (non-hydrogen) atoms. The van der Waals surface area contributed by atoms with E-state index in [9.17, 15) is 14.9 Å². The Morgan fingerprint density at radius 1 is 1.00 bits per heavy atom. The second-order valence-corrected chi connectivity index (χ2v) is 6.90. The number of carbonyl (C=O) groups excluding carboxylic acids is 2. The van der Waals surface area contributed by atoms with Gasteiger partial charge in [-0.1, -0.05) is 17.7 Å². The standard InChI is InChI=1S/C22H23N3O2/c1-16-5-3-6-19(13-16)22(27)25-10-4-9-24(11-12-25)21-14-18(17(2)26)7-8-20(21)15-23/h3,5-8,13-14H,4,9-12H2,1-2H3. The van der Waals surface area contributed by atoms with Crippen LogP contribution in [-0.4, -0.2) is 42.8 Å². The zero-order chi connectivity index (χ0) is 19.4. The van der Waals surface area contributed by atoms with Gasteiger partial charge in [0, 0.05) is 37.3 Å². The molecule has 0 radical (unpaired) electrons. The molecule has 0 N–H and O–H groups in total. The summed E-state index contributed by atoms with van der Waals surface area (Å²) in [5.74, 6) is 0.0188. The molecule has 0 unspecified atom stereocenters. The second kappa shape index (κ2) is 8.05. The topological polar surface area (TPSA) is 64.4 Å². The molecule has 0 aromatic heterocycles. The summed E-state index contributed by atoms with van der Waals surface area (Å²) in [6.07, 6.45) is 0.812. The molecule has 5 nitrogen and oxygen atoms in total. The first-order chi connectivity index (χ1) is 13.0. The van der Waals surface area contributed by atoms with Gasteiger partial charge in [-0.05, 0) is 50.6 Å². The summed E-state index contributed by atoms with van der Waals surface area (Å²) in [5, 5.41) is 9.44. The van der Waals surface area contributed by atoms with Crippen LogP contribution in [0.4, 0.5) is 5.69 Å². The van der Waals surface area contributed by atoms with E-state index in [0.29, 0.717) is 36.3 Å². The highest BCUT2D eigenvalue weighted by Gasteiger charge is 2.22. The number of hydrogen-bond acceptors (Lipinski definition) is 4. The third kappa shape index (κ3) is 4.17. The van der Waals surface area contributed by atoms with Crippen molar-refractivity contribution in [1.29, 1.82) is 5.26 Å². The van der Waals surface area contributed by atoms with Gasteiger partial charge in [0.15, 0.2) is 5.78 Å². The lowest BCUT2D eigenvalue weighted by Gasteiger charge is -2.25. The third-order valence-corrected chi connectivity index (χ3v) is 4.91. The van der Waals surface area contributed by atoms with Crippen LogP contribution in [0.1, 0.15) is 45.2 Å². The third-order valence-electron chi connectivity index (χ3n) is 4.91. The van der Waals surface area contributed by atoms with Gasteiger partial charge in [-0.3, -0.25) is 9.59 Å². The Kier molecular flexibility index (Phi) is 5.56. The lowest BCUT2D eigenvalue weighted by molar-refractivity contribution is 0.0766. The molecule has 0 saturated carbocycles. The summed E-state index contributed by atoms with van der Waals surface area (Å²) in [4.78, 5) is 28.5. The van der Waals surface area contributed by atoms with E-state index >= 15 is 0 Å². The van der Waals surface area contributed by atoms with Crippen molar-refractivity contribution in [3.63, 3.8) is 0 Å². The van der Waals surface area contributed by atoms with Crippen molar-refractivity contribution in [3.8, 4) is 6.07 Å². The molecular formula is C22H23N3O2. The Labute approximate surface area is 159 Å². The number of rotatable bonds is 3. The quantitative estimate of drug-likeness (QED) is 0.786. The summed E-state index contributed by atoms with van der Waals surface area (Å²) < 4.78 is 0. The Morgan fingerprint density at radius 2 is 1.81 bits per heavy atom. The molecule has 0 spiro atoms. The summed E-state index contributed by atoms with van der Waals surface area (Å²) >= 11 is 0. The largest absolute Gasteiger partial charge is 0.369 e. The van der Waals surface area contributed by atoms with Gasteiger partial charge in [-0.2, -0.15) is 5.26 Å². The van der Waals surface area contributed by atoms with E-state index in [4.69, 9.17) is 0 Å². The van der Waals surface area contributed by atoms with Crippen molar-refractivity contribution in [2.45, 2.75) is 20.3 Å². The zero-order valence-corrected chi connectivity index (χ0v) is 15.7. The Bertz CT molecular complexity index is 914. The molecule has 1 aliphatic rings. The maximum atomic E-state index is 12.8. The number of amides is 1. The molecule has 2 aromatic rings. The van der Waals surface area contributed by atoms with Crippen LogP contribution in [0.25, 0.3) is 0 Å². The maximum absolute atomic E-state index is 12.8. The SMILES string of the molecule is CC(=O)c1ccc(C#N)c(N2CCCN(C(=O)c3cccc(C)c3)CC2)c1. The Balaban J connectivity index is 1.79. The molecule has 1 fully saturated rings. The molecule has 1 amide bonds. The van der Waals surface area contributed by atoms with E-state index in [2.05, 4.69) is 11.0 Å². The molecule has 0 atom stereocenters. The fraction of sp³-hybridized carbons (Fsp3) is 0.318. The highest BCUT2D eigenvalue weighted by Crippen LogP contribution is 2.24. The molecule has 1 heterocycles. The number of carbonyl (C=O) groups is 2. The number of nitrogens with zero attached hydrogens (tertiary/aromatic N) is 3. The molecule has 3 rings (SSSR count). The first kappa shape index (κ1) is 18.7. The first-order valence-corrected chi connectivity index (χ1v) is 9.15. The minimum absolute atomic E-state index is 0.0215. The molecule has 138 valence electrons. The molecular weight excluding hydrogens is 338 g/mol. The molecule has 0 bridgehead atoms. The van der Waals surface area contributed by atoms with Crippen LogP contribution in [0, 0.1) is 18.3 Å². The van der Waals surface area contributed by atoms with Crippen molar-refractivity contribution in [3.05, 3.63) is 64.7 Å². The summed E-state index contributed by atoms with van der Waals surface area (Å²) in [5.41, 5.74) is 3.70. The van der Waals surface area contributed by atoms with E-state index in [0.717, 1.165) is 24.2 Å². The first-order valence-electron chi connectivity index (χ1n) is 9.15. The van der Waals surface area contributed by atoms with Gasteiger partial charge < -0.3 is 9.80 Å². The maximum Gasteiger partial charge on any atom is 0.253 e. The van der Waals surface area contributed by atoms with E-state index < -0.39 is 0 Å². The average Bonchev–Trinajstić information content (AvgIpc) is 2.93. The number of nitriles is 1. The Morgan fingerprint density at radius 3 is 2.52 bits per heavy atom. The molecule has 1 aliphatic heterocycles. The zero-order valence-electron chi connectivity index (χ0n) is 15.7. The van der Waals surface area contributed by atoms with E-state index in [1.807, 2.05) is 36.1 Å². The number of ketones is 1. The number of aryl methyl sites for hydroxylation is 1. The second-order valence-electron chi connectivity index (χ2n) is 6.90. The van der Waals surface area contributed by atoms with Crippen molar-refractivity contribution < 1.29 is 9.59 Å². The van der Waals surface area contributed by atoms with Crippen molar-refractivity contribution >= 4 is 17.4 Å². The van der Waals surface area contributed by atoms with E-state index in [-0.39, 0.29) is 11.7 Å². The lowest BCUT2D eigenvalue weighted by Crippen LogP contribution is -2.35. The highest BCUT2D eigenvalue weighted by atomic mass is 16.2. The predicted molar refractivity (Wildman–Crippen MR) is 105 cm³/mol. The molecule has 1 saturated heterocycles. The normalized spacial score (nSPS) is 14.4. The van der Waals surface area contributed by atoms with Crippen molar-refractivity contribution in [1.82, 2.24) is 4.90 Å². The number of benzene rings is 2. The van der Waals surface area contributed by atoms with Gasteiger partial charge in [-0.15, -0.1) is 0 Å². The number of Topliss-reactive ketones (excluding diaryl/α,β-unsaturated/α-hetero) is 1. The van der Waals surface area contributed by atoms with Gasteiger partial charge >= 0.3 is 0 Å².